The summed E-state index contributed by atoms with van der Waals surface area (Å²) in [7, 11) is 0. The smallest absolute Gasteiger partial charge is 0.292 e. The number of hydrogen-bond donors (Lipinski definition) is 1. The van der Waals surface area contributed by atoms with Crippen molar-refractivity contribution >= 4 is 23.1 Å². The number of rotatable bonds is 4. The zero-order chi connectivity index (χ0) is 12.3. The standard InChI is InChI=1S/C10H9N3O3S/c11-9-7(2-1-3-8(9)13(14)15)6-17-10-12-4-5-16-10/h1-5H,6,11H2. The van der Waals surface area contributed by atoms with Crippen molar-refractivity contribution in [1.29, 1.82) is 0 Å². The van der Waals surface area contributed by atoms with E-state index in [1.54, 1.807) is 18.3 Å². The first kappa shape index (κ1) is 11.5. The first-order valence-corrected chi connectivity index (χ1v) is 5.71. The van der Waals surface area contributed by atoms with Gasteiger partial charge < -0.3 is 10.2 Å². The molecule has 0 unspecified atom stereocenters. The van der Waals surface area contributed by atoms with Crippen molar-refractivity contribution < 1.29 is 9.34 Å². The molecule has 6 nitrogen and oxygen atoms in total. The Morgan fingerprint density at radius 2 is 2.35 bits per heavy atom. The molecule has 0 aliphatic rings. The lowest BCUT2D eigenvalue weighted by atomic mass is 10.2. The summed E-state index contributed by atoms with van der Waals surface area (Å²) in [6, 6.07) is 4.74. The molecule has 17 heavy (non-hydrogen) atoms. The Hall–Kier alpha value is -2.02. The Morgan fingerprint density at radius 1 is 1.53 bits per heavy atom. The van der Waals surface area contributed by atoms with Crippen molar-refractivity contribution in [3.63, 3.8) is 0 Å². The Morgan fingerprint density at radius 3 is 3.00 bits per heavy atom. The number of nitrogen functional groups attached to an aromatic ring is 1. The zero-order valence-electron chi connectivity index (χ0n) is 8.70. The fourth-order valence-corrected chi connectivity index (χ4v) is 2.10. The summed E-state index contributed by atoms with van der Waals surface area (Å²) in [6.45, 7) is 0. The summed E-state index contributed by atoms with van der Waals surface area (Å²) in [5.74, 6) is 0.480. The lowest BCUT2D eigenvalue weighted by Gasteiger charge is -2.03. The van der Waals surface area contributed by atoms with Gasteiger partial charge in [-0.15, -0.1) is 0 Å². The Balaban J connectivity index is 2.16. The molecule has 0 aliphatic heterocycles. The fraction of sp³-hybridized carbons (Fsp3) is 0.100. The first-order valence-electron chi connectivity index (χ1n) is 4.72. The quantitative estimate of drug-likeness (QED) is 0.388. The molecule has 0 amide bonds. The number of oxazole rings is 1. The van der Waals surface area contributed by atoms with E-state index in [4.69, 9.17) is 10.2 Å². The first-order chi connectivity index (χ1) is 8.18. The van der Waals surface area contributed by atoms with Crippen molar-refractivity contribution in [3.8, 4) is 0 Å². The zero-order valence-corrected chi connectivity index (χ0v) is 9.52. The second kappa shape index (κ2) is 4.88. The van der Waals surface area contributed by atoms with Gasteiger partial charge in [0.1, 0.15) is 12.0 Å². The molecule has 0 atom stereocenters. The minimum atomic E-state index is -0.491. The number of nitro groups is 1. The average molecular weight is 251 g/mol. The van der Waals surface area contributed by atoms with E-state index in [0.29, 0.717) is 16.5 Å². The van der Waals surface area contributed by atoms with E-state index < -0.39 is 4.92 Å². The predicted molar refractivity (Wildman–Crippen MR) is 63.6 cm³/mol. The van der Waals surface area contributed by atoms with Crippen LogP contribution < -0.4 is 5.73 Å². The number of anilines is 1. The topological polar surface area (TPSA) is 95.2 Å². The highest BCUT2D eigenvalue weighted by atomic mass is 32.2. The third-order valence-electron chi connectivity index (χ3n) is 2.13. The Labute approximate surface area is 101 Å². The summed E-state index contributed by atoms with van der Waals surface area (Å²) in [6.07, 6.45) is 3.01. The molecule has 2 aromatic rings. The van der Waals surface area contributed by atoms with Gasteiger partial charge in [0.05, 0.1) is 11.1 Å². The van der Waals surface area contributed by atoms with Crippen LogP contribution in [0.1, 0.15) is 5.56 Å². The van der Waals surface area contributed by atoms with Crippen LogP contribution >= 0.6 is 11.8 Å². The number of nitrogens with two attached hydrogens (primary N) is 1. The maximum atomic E-state index is 10.7. The molecule has 1 aromatic carbocycles. The molecule has 1 heterocycles. The van der Waals surface area contributed by atoms with Crippen LogP contribution in [0.25, 0.3) is 0 Å². The van der Waals surface area contributed by atoms with Gasteiger partial charge in [0, 0.05) is 11.8 Å². The minimum absolute atomic E-state index is 0.0736. The molecule has 88 valence electrons. The molecular formula is C10H9N3O3S. The van der Waals surface area contributed by atoms with Crippen molar-refractivity contribution in [2.75, 3.05) is 5.73 Å². The van der Waals surface area contributed by atoms with E-state index in [2.05, 4.69) is 4.98 Å². The summed E-state index contributed by atoms with van der Waals surface area (Å²) in [5.41, 5.74) is 6.53. The van der Waals surface area contributed by atoms with Gasteiger partial charge in [-0.05, 0) is 5.56 Å². The van der Waals surface area contributed by atoms with Gasteiger partial charge in [-0.25, -0.2) is 4.98 Å². The van der Waals surface area contributed by atoms with Crippen LogP contribution in [0.2, 0.25) is 0 Å². The summed E-state index contributed by atoms with van der Waals surface area (Å²) in [4.78, 5) is 14.1. The average Bonchev–Trinajstić information content (AvgIpc) is 2.80. The lowest BCUT2D eigenvalue weighted by Crippen LogP contribution is -1.99. The van der Waals surface area contributed by atoms with Crippen LogP contribution in [0.3, 0.4) is 0 Å². The van der Waals surface area contributed by atoms with Gasteiger partial charge in [-0.1, -0.05) is 23.9 Å². The minimum Gasteiger partial charge on any atom is -0.440 e. The number of aromatic nitrogens is 1. The molecule has 1 aromatic heterocycles. The van der Waals surface area contributed by atoms with E-state index in [0.717, 1.165) is 0 Å². The normalized spacial score (nSPS) is 10.4. The van der Waals surface area contributed by atoms with Gasteiger partial charge in [0.2, 0.25) is 0 Å². The number of para-hydroxylation sites is 1. The fourth-order valence-electron chi connectivity index (χ4n) is 1.31. The van der Waals surface area contributed by atoms with Gasteiger partial charge in [-0.3, -0.25) is 10.1 Å². The van der Waals surface area contributed by atoms with E-state index in [-0.39, 0.29) is 11.4 Å². The van der Waals surface area contributed by atoms with Crippen LogP contribution in [0, 0.1) is 10.1 Å². The molecule has 0 spiro atoms. The van der Waals surface area contributed by atoms with Gasteiger partial charge in [0.15, 0.2) is 0 Å². The Kier molecular flexibility index (Phi) is 3.29. The molecule has 0 saturated heterocycles. The number of hydrogen-bond acceptors (Lipinski definition) is 6. The second-order valence-electron chi connectivity index (χ2n) is 3.19. The van der Waals surface area contributed by atoms with Crippen LogP contribution in [-0.4, -0.2) is 9.91 Å². The van der Waals surface area contributed by atoms with Gasteiger partial charge >= 0.3 is 0 Å². The molecule has 0 saturated carbocycles. The third-order valence-corrected chi connectivity index (χ3v) is 3.03. The van der Waals surface area contributed by atoms with E-state index in [1.165, 1.54) is 24.1 Å². The number of nitrogens with zero attached hydrogens (tertiary/aromatic N) is 2. The van der Waals surface area contributed by atoms with Crippen molar-refractivity contribution in [2.24, 2.45) is 0 Å². The lowest BCUT2D eigenvalue weighted by molar-refractivity contribution is -0.383. The van der Waals surface area contributed by atoms with Crippen LogP contribution in [0.15, 0.2) is 40.3 Å². The number of thioether (sulfide) groups is 1. The summed E-state index contributed by atoms with van der Waals surface area (Å²) < 4.78 is 5.05. The third kappa shape index (κ3) is 2.56. The summed E-state index contributed by atoms with van der Waals surface area (Å²) in [5, 5.41) is 11.2. The van der Waals surface area contributed by atoms with Gasteiger partial charge in [0.25, 0.3) is 10.9 Å². The molecule has 7 heteroatoms. The van der Waals surface area contributed by atoms with Crippen LogP contribution in [0.5, 0.6) is 0 Å². The molecular weight excluding hydrogens is 242 g/mol. The highest BCUT2D eigenvalue weighted by Gasteiger charge is 2.14. The maximum Gasteiger partial charge on any atom is 0.292 e. The van der Waals surface area contributed by atoms with E-state index in [1.807, 2.05) is 0 Å². The van der Waals surface area contributed by atoms with Crippen molar-refractivity contribution in [2.45, 2.75) is 11.0 Å². The monoisotopic (exact) mass is 251 g/mol. The van der Waals surface area contributed by atoms with Crippen LogP contribution in [0.4, 0.5) is 11.4 Å². The van der Waals surface area contributed by atoms with Gasteiger partial charge in [-0.2, -0.15) is 0 Å². The van der Waals surface area contributed by atoms with E-state index in [9.17, 15) is 10.1 Å². The molecule has 2 N–H and O–H groups in total. The van der Waals surface area contributed by atoms with Crippen LogP contribution in [-0.2, 0) is 5.75 Å². The number of nitro benzene ring substituents is 1. The highest BCUT2D eigenvalue weighted by Crippen LogP contribution is 2.29. The van der Waals surface area contributed by atoms with Crippen molar-refractivity contribution in [1.82, 2.24) is 4.98 Å². The maximum absolute atomic E-state index is 10.7. The predicted octanol–water partition coefficient (Wildman–Crippen LogP) is 2.46. The molecule has 0 radical (unpaired) electrons. The largest absolute Gasteiger partial charge is 0.440 e. The number of benzene rings is 1. The molecule has 2 rings (SSSR count). The highest BCUT2D eigenvalue weighted by molar-refractivity contribution is 7.98. The molecule has 0 fully saturated rings. The van der Waals surface area contributed by atoms with E-state index >= 15 is 0 Å². The molecule has 0 bridgehead atoms. The SMILES string of the molecule is Nc1c(CSc2ncco2)cccc1[N+](=O)[O-]. The molecule has 0 aliphatic carbocycles. The second-order valence-corrected chi connectivity index (χ2v) is 4.12. The van der Waals surface area contributed by atoms with Crippen molar-refractivity contribution in [3.05, 3.63) is 46.3 Å². The summed E-state index contributed by atoms with van der Waals surface area (Å²) >= 11 is 1.33. The Bertz CT molecular complexity index is 528.